The molecule has 2 nitrogen and oxygen atoms in total. The Labute approximate surface area is 94.4 Å². The minimum absolute atomic E-state index is 0.777. The molecule has 2 heteroatoms. The molecule has 1 saturated carbocycles. The van der Waals surface area contributed by atoms with Crippen molar-refractivity contribution >= 4 is 0 Å². The van der Waals surface area contributed by atoms with Gasteiger partial charge in [0, 0.05) is 18.6 Å². The van der Waals surface area contributed by atoms with E-state index in [-0.39, 0.29) is 0 Å². The average molecular weight is 210 g/mol. The number of nitrogens with zero attached hydrogens (tertiary/aromatic N) is 1. The van der Waals surface area contributed by atoms with Crippen LogP contribution in [-0.4, -0.2) is 36.6 Å². The highest BCUT2D eigenvalue weighted by Gasteiger charge is 2.29. The van der Waals surface area contributed by atoms with E-state index in [0.29, 0.717) is 0 Å². The van der Waals surface area contributed by atoms with E-state index in [4.69, 9.17) is 0 Å². The molecule has 2 rings (SSSR count). The van der Waals surface area contributed by atoms with Gasteiger partial charge in [-0.15, -0.1) is 0 Å². The van der Waals surface area contributed by atoms with Gasteiger partial charge >= 0.3 is 0 Å². The summed E-state index contributed by atoms with van der Waals surface area (Å²) in [7, 11) is 0. The van der Waals surface area contributed by atoms with Crippen molar-refractivity contribution in [3.05, 3.63) is 0 Å². The van der Waals surface area contributed by atoms with Crippen LogP contribution >= 0.6 is 0 Å². The Morgan fingerprint density at radius 1 is 1.13 bits per heavy atom. The molecule has 0 aromatic heterocycles. The lowest BCUT2D eigenvalue weighted by atomic mass is 10.1. The first-order valence-electron chi connectivity index (χ1n) is 6.87. The molecule has 2 aliphatic rings. The third-order valence-corrected chi connectivity index (χ3v) is 3.69. The Kier molecular flexibility index (Phi) is 4.45. The van der Waals surface area contributed by atoms with Gasteiger partial charge < -0.3 is 5.32 Å². The van der Waals surface area contributed by atoms with E-state index in [1.807, 2.05) is 0 Å². The van der Waals surface area contributed by atoms with Crippen LogP contribution in [-0.2, 0) is 0 Å². The van der Waals surface area contributed by atoms with Gasteiger partial charge in [-0.25, -0.2) is 0 Å². The highest BCUT2D eigenvalue weighted by Crippen LogP contribution is 2.27. The van der Waals surface area contributed by atoms with Crippen LogP contribution in [0.1, 0.15) is 51.9 Å². The standard InChI is InChI=1S/C13H26N2/c1-2-10-15(13-7-8-13)11-12-6-4-3-5-9-14-12/h12-14H,2-11H2,1H3. The lowest BCUT2D eigenvalue weighted by Gasteiger charge is -2.27. The van der Waals surface area contributed by atoms with Crippen LogP contribution in [0, 0.1) is 0 Å². The van der Waals surface area contributed by atoms with Crippen molar-refractivity contribution in [3.8, 4) is 0 Å². The SMILES string of the molecule is CCCN(CC1CCCCCN1)C1CC1. The molecule has 2 fully saturated rings. The molecular weight excluding hydrogens is 184 g/mol. The van der Waals surface area contributed by atoms with Crippen molar-refractivity contribution in [2.24, 2.45) is 0 Å². The lowest BCUT2D eigenvalue weighted by molar-refractivity contribution is 0.230. The highest BCUT2D eigenvalue weighted by molar-refractivity contribution is 4.87. The summed E-state index contributed by atoms with van der Waals surface area (Å²) in [5.41, 5.74) is 0. The molecule has 1 aliphatic heterocycles. The first-order valence-corrected chi connectivity index (χ1v) is 6.87. The van der Waals surface area contributed by atoms with Crippen LogP contribution in [0.5, 0.6) is 0 Å². The molecule has 1 heterocycles. The van der Waals surface area contributed by atoms with E-state index in [1.54, 1.807) is 0 Å². The summed E-state index contributed by atoms with van der Waals surface area (Å²) in [6.07, 6.45) is 9.85. The highest BCUT2D eigenvalue weighted by atomic mass is 15.2. The zero-order valence-electron chi connectivity index (χ0n) is 10.2. The maximum atomic E-state index is 3.71. The molecule has 1 saturated heterocycles. The topological polar surface area (TPSA) is 15.3 Å². The Balaban J connectivity index is 1.75. The van der Waals surface area contributed by atoms with E-state index < -0.39 is 0 Å². The second-order valence-electron chi connectivity index (χ2n) is 5.23. The van der Waals surface area contributed by atoms with E-state index >= 15 is 0 Å². The van der Waals surface area contributed by atoms with Crippen LogP contribution in [0.4, 0.5) is 0 Å². The summed E-state index contributed by atoms with van der Waals surface area (Å²) in [6.45, 7) is 6.16. The third-order valence-electron chi connectivity index (χ3n) is 3.69. The molecule has 15 heavy (non-hydrogen) atoms. The van der Waals surface area contributed by atoms with Crippen LogP contribution in [0.3, 0.4) is 0 Å². The lowest BCUT2D eigenvalue weighted by Crippen LogP contribution is -2.42. The largest absolute Gasteiger partial charge is 0.313 e. The molecule has 1 aliphatic carbocycles. The predicted octanol–water partition coefficient (Wildman–Crippen LogP) is 2.39. The maximum absolute atomic E-state index is 3.71. The maximum Gasteiger partial charge on any atom is 0.0195 e. The molecule has 0 bridgehead atoms. The van der Waals surface area contributed by atoms with Crippen molar-refractivity contribution < 1.29 is 0 Å². The molecule has 0 aromatic rings. The first kappa shape index (κ1) is 11.4. The number of nitrogens with one attached hydrogen (secondary N) is 1. The predicted molar refractivity (Wildman–Crippen MR) is 65.1 cm³/mol. The van der Waals surface area contributed by atoms with E-state index in [2.05, 4.69) is 17.1 Å². The first-order chi connectivity index (χ1) is 7.40. The molecule has 0 radical (unpaired) electrons. The zero-order valence-corrected chi connectivity index (χ0v) is 10.2. The second kappa shape index (κ2) is 5.86. The van der Waals surface area contributed by atoms with Crippen LogP contribution in [0.25, 0.3) is 0 Å². The van der Waals surface area contributed by atoms with Gasteiger partial charge in [0.05, 0.1) is 0 Å². The minimum atomic E-state index is 0.777. The van der Waals surface area contributed by atoms with Crippen molar-refractivity contribution in [2.75, 3.05) is 19.6 Å². The van der Waals surface area contributed by atoms with Crippen LogP contribution in [0.15, 0.2) is 0 Å². The fourth-order valence-corrected chi connectivity index (χ4v) is 2.69. The molecule has 88 valence electrons. The number of rotatable bonds is 5. The summed E-state index contributed by atoms with van der Waals surface area (Å²) < 4.78 is 0. The summed E-state index contributed by atoms with van der Waals surface area (Å²) in [5.74, 6) is 0. The Morgan fingerprint density at radius 2 is 2.00 bits per heavy atom. The second-order valence-corrected chi connectivity index (χ2v) is 5.23. The van der Waals surface area contributed by atoms with Gasteiger partial charge in [0.25, 0.3) is 0 Å². The summed E-state index contributed by atoms with van der Waals surface area (Å²) in [4.78, 5) is 2.73. The third kappa shape index (κ3) is 3.76. The summed E-state index contributed by atoms with van der Waals surface area (Å²) in [5, 5.41) is 3.71. The van der Waals surface area contributed by atoms with Gasteiger partial charge in [0.1, 0.15) is 0 Å². The van der Waals surface area contributed by atoms with E-state index in [1.165, 1.54) is 64.6 Å². The van der Waals surface area contributed by atoms with Crippen molar-refractivity contribution in [1.82, 2.24) is 10.2 Å². The van der Waals surface area contributed by atoms with E-state index in [9.17, 15) is 0 Å². The minimum Gasteiger partial charge on any atom is -0.313 e. The Bertz CT molecular complexity index is 169. The van der Waals surface area contributed by atoms with Gasteiger partial charge in [0.15, 0.2) is 0 Å². The van der Waals surface area contributed by atoms with Gasteiger partial charge in [-0.1, -0.05) is 19.8 Å². The monoisotopic (exact) mass is 210 g/mol. The number of hydrogen-bond acceptors (Lipinski definition) is 2. The zero-order chi connectivity index (χ0) is 10.5. The van der Waals surface area contributed by atoms with Gasteiger partial charge in [-0.05, 0) is 45.2 Å². The molecule has 0 amide bonds. The molecule has 1 N–H and O–H groups in total. The van der Waals surface area contributed by atoms with Crippen LogP contribution in [0.2, 0.25) is 0 Å². The van der Waals surface area contributed by atoms with Gasteiger partial charge in [-0.3, -0.25) is 4.90 Å². The quantitative estimate of drug-likeness (QED) is 0.749. The fourth-order valence-electron chi connectivity index (χ4n) is 2.69. The fraction of sp³-hybridized carbons (Fsp3) is 1.00. The smallest absolute Gasteiger partial charge is 0.0195 e. The summed E-state index contributed by atoms with van der Waals surface area (Å²) in [6, 6.07) is 1.72. The molecule has 0 aromatic carbocycles. The van der Waals surface area contributed by atoms with Gasteiger partial charge in [0.2, 0.25) is 0 Å². The van der Waals surface area contributed by atoms with Crippen LogP contribution < -0.4 is 5.32 Å². The molecule has 1 atom stereocenters. The Hall–Kier alpha value is -0.0800. The molecule has 0 spiro atoms. The molecular formula is C13H26N2. The van der Waals surface area contributed by atoms with E-state index in [0.717, 1.165) is 12.1 Å². The summed E-state index contributed by atoms with van der Waals surface area (Å²) >= 11 is 0. The normalized spacial score (nSPS) is 28.0. The number of hydrogen-bond donors (Lipinski definition) is 1. The molecule has 1 unspecified atom stereocenters. The van der Waals surface area contributed by atoms with Crippen molar-refractivity contribution in [2.45, 2.75) is 64.0 Å². The van der Waals surface area contributed by atoms with Crippen molar-refractivity contribution in [3.63, 3.8) is 0 Å². The average Bonchev–Trinajstić information content (AvgIpc) is 3.05. The van der Waals surface area contributed by atoms with Crippen molar-refractivity contribution in [1.29, 1.82) is 0 Å². The van der Waals surface area contributed by atoms with Gasteiger partial charge in [-0.2, -0.15) is 0 Å². The Morgan fingerprint density at radius 3 is 2.73 bits per heavy atom.